The predicted molar refractivity (Wildman–Crippen MR) is 116 cm³/mol. The third kappa shape index (κ3) is 5.35. The highest BCUT2D eigenvalue weighted by Gasteiger charge is 2.23. The number of aromatic nitrogens is 2. The molecule has 158 valence electrons. The summed E-state index contributed by atoms with van der Waals surface area (Å²) in [5.41, 5.74) is 12.2. The summed E-state index contributed by atoms with van der Waals surface area (Å²) >= 11 is 0. The average Bonchev–Trinajstić information content (AvgIpc) is 2.71. The molecule has 0 bridgehead atoms. The van der Waals surface area contributed by atoms with Gasteiger partial charge in [0.1, 0.15) is 11.4 Å². The van der Waals surface area contributed by atoms with Crippen LogP contribution in [0.3, 0.4) is 0 Å². The van der Waals surface area contributed by atoms with Crippen LogP contribution in [0.15, 0.2) is 29.4 Å². The molecule has 9 nitrogen and oxygen atoms in total. The second-order valence-electron chi connectivity index (χ2n) is 7.06. The van der Waals surface area contributed by atoms with E-state index >= 15 is 0 Å². The number of rotatable bonds is 8. The molecule has 10 heteroatoms. The van der Waals surface area contributed by atoms with Crippen molar-refractivity contribution < 1.29 is 9.18 Å². The minimum Gasteiger partial charge on any atom is -0.365 e. The van der Waals surface area contributed by atoms with Crippen molar-refractivity contribution in [2.75, 3.05) is 10.6 Å². The molecule has 1 aromatic heterocycles. The van der Waals surface area contributed by atoms with Crippen LogP contribution in [0.25, 0.3) is 0 Å². The fourth-order valence-corrected chi connectivity index (χ4v) is 3.26. The molecule has 0 unspecified atom stereocenters. The van der Waals surface area contributed by atoms with E-state index in [1.165, 1.54) is 30.8 Å². The highest BCUT2D eigenvalue weighted by molar-refractivity contribution is 5.98. The van der Waals surface area contributed by atoms with Crippen LogP contribution in [-0.2, 0) is 0 Å². The van der Waals surface area contributed by atoms with Crippen LogP contribution in [0.1, 0.15) is 42.5 Å². The van der Waals surface area contributed by atoms with Gasteiger partial charge in [-0.25, -0.2) is 9.37 Å². The number of benzene rings is 1. The lowest BCUT2D eigenvalue weighted by Gasteiger charge is -2.29. The van der Waals surface area contributed by atoms with E-state index in [1.807, 2.05) is 0 Å². The summed E-state index contributed by atoms with van der Waals surface area (Å²) < 4.78 is 14.3. The second kappa shape index (κ2) is 9.88. The van der Waals surface area contributed by atoms with E-state index in [2.05, 4.69) is 25.6 Å². The molecule has 1 aliphatic rings. The number of nitrogens with zero attached hydrogens (tertiary/aromatic N) is 3. The SMILES string of the molecule is N=CCC=Nc1ccc(Nc2nc(N[C@@H]3CCCC[C@@H]3N)ncc2C(N)=O)cc1F. The van der Waals surface area contributed by atoms with Gasteiger partial charge >= 0.3 is 0 Å². The van der Waals surface area contributed by atoms with E-state index in [0.29, 0.717) is 18.1 Å². The molecule has 1 aromatic carbocycles. The number of carbonyl (C=O) groups excluding carboxylic acids is 1. The third-order valence-electron chi connectivity index (χ3n) is 4.85. The number of halogens is 1. The summed E-state index contributed by atoms with van der Waals surface area (Å²) in [5, 5.41) is 13.1. The van der Waals surface area contributed by atoms with Crippen molar-refractivity contribution in [1.82, 2.24) is 9.97 Å². The molecule has 0 saturated heterocycles. The van der Waals surface area contributed by atoms with Crippen LogP contribution in [0.2, 0.25) is 0 Å². The third-order valence-corrected chi connectivity index (χ3v) is 4.85. The summed E-state index contributed by atoms with van der Waals surface area (Å²) in [6, 6.07) is 4.39. The lowest BCUT2D eigenvalue weighted by atomic mass is 9.91. The maximum absolute atomic E-state index is 14.3. The zero-order chi connectivity index (χ0) is 21.5. The Morgan fingerprint density at radius 1 is 1.37 bits per heavy atom. The smallest absolute Gasteiger partial charge is 0.254 e. The number of nitrogens with one attached hydrogen (secondary N) is 3. The van der Waals surface area contributed by atoms with E-state index in [9.17, 15) is 9.18 Å². The highest BCUT2D eigenvalue weighted by atomic mass is 19.1. The van der Waals surface area contributed by atoms with E-state index in [-0.39, 0.29) is 29.2 Å². The number of amides is 1. The summed E-state index contributed by atoms with van der Waals surface area (Å²) in [5.74, 6) is -0.767. The van der Waals surface area contributed by atoms with Crippen molar-refractivity contribution in [3.8, 4) is 0 Å². The van der Waals surface area contributed by atoms with Crippen LogP contribution in [-0.4, -0.2) is 40.4 Å². The zero-order valence-electron chi connectivity index (χ0n) is 16.4. The summed E-state index contributed by atoms with van der Waals surface area (Å²) in [6.07, 6.45) is 8.28. The van der Waals surface area contributed by atoms with Crippen molar-refractivity contribution >= 4 is 41.5 Å². The minimum absolute atomic E-state index is 0.00410. The van der Waals surface area contributed by atoms with E-state index in [4.69, 9.17) is 16.9 Å². The predicted octanol–water partition coefficient (Wildman–Crippen LogP) is 2.88. The zero-order valence-corrected chi connectivity index (χ0v) is 16.4. The molecular weight excluding hydrogens is 387 g/mol. The Hall–Kier alpha value is -3.40. The largest absolute Gasteiger partial charge is 0.365 e. The number of aliphatic imine (C=N–C) groups is 1. The van der Waals surface area contributed by atoms with Crippen molar-refractivity contribution in [1.29, 1.82) is 5.41 Å². The molecule has 1 heterocycles. The maximum Gasteiger partial charge on any atom is 0.254 e. The molecule has 0 aliphatic heterocycles. The Bertz CT molecular complexity index is 948. The first-order valence-corrected chi connectivity index (χ1v) is 9.75. The summed E-state index contributed by atoms with van der Waals surface area (Å²) in [7, 11) is 0. The summed E-state index contributed by atoms with van der Waals surface area (Å²) in [6.45, 7) is 0. The molecule has 0 spiro atoms. The topological polar surface area (TPSA) is 155 Å². The van der Waals surface area contributed by atoms with E-state index in [1.54, 1.807) is 6.07 Å². The maximum atomic E-state index is 14.3. The van der Waals surface area contributed by atoms with Gasteiger partial charge in [-0.1, -0.05) is 12.8 Å². The fourth-order valence-electron chi connectivity index (χ4n) is 3.26. The van der Waals surface area contributed by atoms with Crippen LogP contribution in [0, 0.1) is 11.2 Å². The number of primary amides is 1. The van der Waals surface area contributed by atoms with Gasteiger partial charge in [0.05, 0.1) is 5.69 Å². The van der Waals surface area contributed by atoms with Crippen molar-refractivity contribution in [2.24, 2.45) is 16.5 Å². The molecule has 1 saturated carbocycles. The van der Waals surface area contributed by atoms with Crippen LogP contribution in [0.5, 0.6) is 0 Å². The van der Waals surface area contributed by atoms with Crippen LogP contribution < -0.4 is 22.1 Å². The highest BCUT2D eigenvalue weighted by Crippen LogP contribution is 2.26. The number of anilines is 3. The molecule has 1 amide bonds. The second-order valence-corrected chi connectivity index (χ2v) is 7.06. The van der Waals surface area contributed by atoms with E-state index in [0.717, 1.165) is 25.7 Å². The molecule has 7 N–H and O–H groups in total. The quantitative estimate of drug-likeness (QED) is 0.420. The minimum atomic E-state index is -0.702. The Labute approximate surface area is 173 Å². The van der Waals surface area contributed by atoms with Gasteiger partial charge in [0.2, 0.25) is 5.95 Å². The Morgan fingerprint density at radius 3 is 2.87 bits per heavy atom. The molecule has 1 fully saturated rings. The van der Waals surface area contributed by atoms with Crippen molar-refractivity contribution in [3.05, 3.63) is 35.8 Å². The van der Waals surface area contributed by atoms with Gasteiger partial charge in [-0.2, -0.15) is 4.98 Å². The Kier molecular flexibility index (Phi) is 7.02. The summed E-state index contributed by atoms with van der Waals surface area (Å²) in [4.78, 5) is 24.3. The molecule has 0 radical (unpaired) electrons. The molecule has 3 rings (SSSR count). The van der Waals surface area contributed by atoms with Gasteiger partial charge in [0.25, 0.3) is 5.91 Å². The van der Waals surface area contributed by atoms with Crippen molar-refractivity contribution in [3.63, 3.8) is 0 Å². The van der Waals surface area contributed by atoms with Crippen LogP contribution >= 0.6 is 0 Å². The molecular formula is C20H25FN8O. The first-order chi connectivity index (χ1) is 14.5. The number of hydrogen-bond donors (Lipinski definition) is 5. The van der Waals surface area contributed by atoms with Gasteiger partial charge in [-0.3, -0.25) is 9.79 Å². The standard InChI is InChI=1S/C20H25FN8O/c21-14-10-12(6-7-16(14)25-9-3-8-22)27-19-13(18(24)30)11-26-20(29-19)28-17-5-2-1-4-15(17)23/h6-11,15,17,22H,1-5,23H2,(H2,24,30)(H2,26,27,28,29)/t15-,17+/m0/s1. The monoisotopic (exact) mass is 412 g/mol. The van der Waals surface area contributed by atoms with Gasteiger partial charge in [-0.05, 0) is 31.0 Å². The lowest BCUT2D eigenvalue weighted by Crippen LogP contribution is -2.43. The molecule has 2 aromatic rings. The lowest BCUT2D eigenvalue weighted by molar-refractivity contribution is 0.100. The first kappa shape index (κ1) is 21.3. The van der Waals surface area contributed by atoms with E-state index < -0.39 is 11.7 Å². The molecule has 1 aliphatic carbocycles. The van der Waals surface area contributed by atoms with Gasteiger partial charge in [-0.15, -0.1) is 0 Å². The number of hydrogen-bond acceptors (Lipinski definition) is 8. The average molecular weight is 412 g/mol. The van der Waals surface area contributed by atoms with Gasteiger partial charge < -0.3 is 27.5 Å². The molecule has 2 atom stereocenters. The number of nitrogens with two attached hydrogens (primary N) is 2. The van der Waals surface area contributed by atoms with Crippen LogP contribution in [0.4, 0.5) is 27.5 Å². The van der Waals surface area contributed by atoms with Crippen molar-refractivity contribution in [2.45, 2.75) is 44.2 Å². The Balaban J connectivity index is 1.82. The first-order valence-electron chi connectivity index (χ1n) is 9.75. The number of carbonyl (C=O) groups is 1. The normalized spacial score (nSPS) is 18.9. The fraction of sp³-hybridized carbons (Fsp3) is 0.350. The Morgan fingerprint density at radius 2 is 2.17 bits per heavy atom. The van der Waals surface area contributed by atoms with Gasteiger partial charge in [0, 0.05) is 42.8 Å². The molecule has 30 heavy (non-hydrogen) atoms. The van der Waals surface area contributed by atoms with Gasteiger partial charge in [0.15, 0.2) is 5.82 Å².